The van der Waals surface area contributed by atoms with Crippen molar-refractivity contribution in [1.82, 2.24) is 14.7 Å². The van der Waals surface area contributed by atoms with Crippen LogP contribution >= 0.6 is 11.6 Å². The van der Waals surface area contributed by atoms with Crippen LogP contribution in [0.15, 0.2) is 36.7 Å². The van der Waals surface area contributed by atoms with Crippen molar-refractivity contribution in [1.29, 1.82) is 0 Å². The molecule has 2 aromatic rings. The minimum absolute atomic E-state index is 0.0267. The van der Waals surface area contributed by atoms with Gasteiger partial charge in [-0.15, -0.1) is 0 Å². The van der Waals surface area contributed by atoms with Crippen LogP contribution in [0.2, 0.25) is 5.02 Å². The van der Waals surface area contributed by atoms with Crippen LogP contribution in [0.4, 0.5) is 0 Å². The summed E-state index contributed by atoms with van der Waals surface area (Å²) in [6.45, 7) is 3.97. The molecular weight excluding hydrogens is 312 g/mol. The van der Waals surface area contributed by atoms with Gasteiger partial charge in [-0.05, 0) is 37.4 Å². The predicted octanol–water partition coefficient (Wildman–Crippen LogP) is 2.39. The number of aromatic nitrogens is 2. The molecule has 0 saturated carbocycles. The van der Waals surface area contributed by atoms with Crippen molar-refractivity contribution < 1.29 is 4.79 Å². The summed E-state index contributed by atoms with van der Waals surface area (Å²) in [5, 5.41) is 5.00. The minimum Gasteiger partial charge on any atom is -0.336 e. The van der Waals surface area contributed by atoms with Crippen molar-refractivity contribution in [2.24, 2.45) is 11.7 Å². The Labute approximate surface area is 141 Å². The molecule has 5 nitrogen and oxygen atoms in total. The predicted molar refractivity (Wildman–Crippen MR) is 90.4 cm³/mol. The van der Waals surface area contributed by atoms with E-state index < -0.39 is 0 Å². The Morgan fingerprint density at radius 1 is 1.43 bits per heavy atom. The van der Waals surface area contributed by atoms with Crippen molar-refractivity contribution in [3.8, 4) is 0 Å². The van der Waals surface area contributed by atoms with Gasteiger partial charge in [-0.2, -0.15) is 5.10 Å². The molecule has 2 atom stereocenters. The third-order valence-electron chi connectivity index (χ3n) is 4.43. The molecule has 0 radical (unpaired) electrons. The van der Waals surface area contributed by atoms with Crippen LogP contribution in [0.5, 0.6) is 0 Å². The lowest BCUT2D eigenvalue weighted by Gasteiger charge is -2.20. The van der Waals surface area contributed by atoms with Crippen molar-refractivity contribution in [2.75, 3.05) is 13.1 Å². The van der Waals surface area contributed by atoms with Gasteiger partial charge in [0.1, 0.15) is 0 Å². The second-order valence-electron chi connectivity index (χ2n) is 6.16. The van der Waals surface area contributed by atoms with Crippen molar-refractivity contribution in [3.05, 3.63) is 52.8 Å². The van der Waals surface area contributed by atoms with Crippen LogP contribution in [0, 0.1) is 5.92 Å². The van der Waals surface area contributed by atoms with E-state index in [0.717, 1.165) is 18.5 Å². The maximum absolute atomic E-state index is 12.7. The molecule has 0 aliphatic carbocycles. The Morgan fingerprint density at radius 2 is 2.22 bits per heavy atom. The summed E-state index contributed by atoms with van der Waals surface area (Å²) in [5.41, 5.74) is 7.33. The normalized spacial score (nSPS) is 20.9. The van der Waals surface area contributed by atoms with E-state index in [1.165, 1.54) is 0 Å². The first kappa shape index (κ1) is 16.0. The molecule has 2 unspecified atom stereocenters. The molecule has 1 aliphatic rings. The van der Waals surface area contributed by atoms with E-state index in [2.05, 4.69) is 12.0 Å². The summed E-state index contributed by atoms with van der Waals surface area (Å²) < 4.78 is 1.75. The Hall–Kier alpha value is -1.85. The van der Waals surface area contributed by atoms with E-state index in [9.17, 15) is 4.79 Å². The zero-order valence-corrected chi connectivity index (χ0v) is 13.9. The van der Waals surface area contributed by atoms with Gasteiger partial charge in [0, 0.05) is 23.8 Å². The highest BCUT2D eigenvalue weighted by Crippen LogP contribution is 2.24. The lowest BCUT2D eigenvalue weighted by Crippen LogP contribution is -2.34. The fraction of sp³-hybridized carbons (Fsp3) is 0.412. The molecule has 1 aromatic heterocycles. The molecule has 0 spiro atoms. The Bertz CT molecular complexity index is 699. The van der Waals surface area contributed by atoms with Crippen LogP contribution in [0.25, 0.3) is 0 Å². The van der Waals surface area contributed by atoms with Crippen molar-refractivity contribution in [3.63, 3.8) is 0 Å². The summed E-state index contributed by atoms with van der Waals surface area (Å²) in [4.78, 5) is 14.6. The van der Waals surface area contributed by atoms with E-state index in [1.807, 2.05) is 29.2 Å². The third kappa shape index (κ3) is 3.41. The van der Waals surface area contributed by atoms with Gasteiger partial charge in [0.15, 0.2) is 0 Å². The summed E-state index contributed by atoms with van der Waals surface area (Å²) >= 11 is 6.17. The number of hydrogen-bond acceptors (Lipinski definition) is 3. The second-order valence-corrected chi connectivity index (χ2v) is 6.57. The second kappa shape index (κ2) is 6.72. The number of carbonyl (C=O) groups is 1. The molecule has 23 heavy (non-hydrogen) atoms. The number of carbonyl (C=O) groups excluding carboxylic acids is 1. The van der Waals surface area contributed by atoms with E-state index in [4.69, 9.17) is 17.3 Å². The smallest absolute Gasteiger partial charge is 0.257 e. The van der Waals surface area contributed by atoms with Gasteiger partial charge in [0.25, 0.3) is 5.91 Å². The molecule has 0 bridgehead atoms. The maximum Gasteiger partial charge on any atom is 0.257 e. The summed E-state index contributed by atoms with van der Waals surface area (Å²) in [5.74, 6) is 0.422. The lowest BCUT2D eigenvalue weighted by atomic mass is 10.1. The zero-order valence-electron chi connectivity index (χ0n) is 13.2. The van der Waals surface area contributed by atoms with Crippen LogP contribution in [-0.4, -0.2) is 39.7 Å². The molecule has 1 saturated heterocycles. The topological polar surface area (TPSA) is 64.2 Å². The number of nitrogens with two attached hydrogens (primary N) is 1. The van der Waals surface area contributed by atoms with Gasteiger partial charge in [0.2, 0.25) is 0 Å². The van der Waals surface area contributed by atoms with Gasteiger partial charge in [-0.3, -0.25) is 9.48 Å². The Kier molecular flexibility index (Phi) is 4.68. The van der Waals surface area contributed by atoms with E-state index in [0.29, 0.717) is 29.6 Å². The molecule has 3 rings (SSSR count). The molecule has 6 heteroatoms. The van der Waals surface area contributed by atoms with Gasteiger partial charge in [-0.25, -0.2) is 0 Å². The van der Waals surface area contributed by atoms with Gasteiger partial charge in [0.05, 0.1) is 18.3 Å². The average molecular weight is 333 g/mol. The molecule has 1 aromatic carbocycles. The number of halogens is 1. The Morgan fingerprint density at radius 3 is 2.91 bits per heavy atom. The molecule has 1 aliphatic heterocycles. The van der Waals surface area contributed by atoms with Crippen LogP contribution < -0.4 is 5.73 Å². The first-order valence-corrected chi connectivity index (χ1v) is 8.23. The van der Waals surface area contributed by atoms with Crippen LogP contribution in [0.1, 0.15) is 29.3 Å². The SMILES string of the molecule is CC1CC(CN)CN1C(=O)c1cnn(Cc2ccccc2Cl)c1. The highest BCUT2D eigenvalue weighted by Gasteiger charge is 2.32. The van der Waals surface area contributed by atoms with Crippen molar-refractivity contribution in [2.45, 2.75) is 25.9 Å². The first-order chi connectivity index (χ1) is 11.1. The number of rotatable bonds is 4. The highest BCUT2D eigenvalue weighted by atomic mass is 35.5. The third-order valence-corrected chi connectivity index (χ3v) is 4.79. The van der Waals surface area contributed by atoms with Gasteiger partial charge >= 0.3 is 0 Å². The summed E-state index contributed by atoms with van der Waals surface area (Å²) in [6.07, 6.45) is 4.38. The van der Waals surface area contributed by atoms with E-state index in [1.54, 1.807) is 17.1 Å². The molecule has 1 amide bonds. The number of hydrogen-bond donors (Lipinski definition) is 1. The molecular formula is C17H21ClN4O. The summed E-state index contributed by atoms with van der Waals surface area (Å²) in [7, 11) is 0. The average Bonchev–Trinajstić information content (AvgIpc) is 3.15. The molecule has 122 valence electrons. The Balaban J connectivity index is 1.72. The molecule has 2 N–H and O–H groups in total. The first-order valence-electron chi connectivity index (χ1n) is 7.85. The van der Waals surface area contributed by atoms with E-state index in [-0.39, 0.29) is 11.9 Å². The van der Waals surface area contributed by atoms with Gasteiger partial charge in [-0.1, -0.05) is 29.8 Å². The quantitative estimate of drug-likeness (QED) is 0.935. The molecule has 2 heterocycles. The minimum atomic E-state index is 0.0267. The zero-order chi connectivity index (χ0) is 16.4. The maximum atomic E-state index is 12.7. The molecule has 1 fully saturated rings. The number of benzene rings is 1. The number of amides is 1. The van der Waals surface area contributed by atoms with E-state index >= 15 is 0 Å². The fourth-order valence-corrected chi connectivity index (χ4v) is 3.32. The number of nitrogens with zero attached hydrogens (tertiary/aromatic N) is 3. The van der Waals surface area contributed by atoms with Crippen LogP contribution in [0.3, 0.4) is 0 Å². The number of likely N-dealkylation sites (tertiary alicyclic amines) is 1. The lowest BCUT2D eigenvalue weighted by molar-refractivity contribution is 0.0743. The largest absolute Gasteiger partial charge is 0.336 e. The standard InChI is InChI=1S/C17H21ClN4O/c1-12-6-13(7-19)9-22(12)17(23)15-8-20-21(11-15)10-14-4-2-3-5-16(14)18/h2-5,8,11-13H,6-7,9-10,19H2,1H3. The highest BCUT2D eigenvalue weighted by molar-refractivity contribution is 6.31. The van der Waals surface area contributed by atoms with Gasteiger partial charge < -0.3 is 10.6 Å². The monoisotopic (exact) mass is 332 g/mol. The summed E-state index contributed by atoms with van der Waals surface area (Å²) in [6, 6.07) is 7.87. The van der Waals surface area contributed by atoms with Crippen LogP contribution in [-0.2, 0) is 6.54 Å². The van der Waals surface area contributed by atoms with Crippen molar-refractivity contribution >= 4 is 17.5 Å². The fourth-order valence-electron chi connectivity index (χ4n) is 3.12.